The fourth-order valence-electron chi connectivity index (χ4n) is 6.57. The summed E-state index contributed by atoms with van der Waals surface area (Å²) in [6.45, 7) is 2.56. The molecule has 44 heavy (non-hydrogen) atoms. The Balaban J connectivity index is 1.35. The van der Waals surface area contributed by atoms with Crippen LogP contribution in [0.4, 0.5) is 0 Å². The first-order valence-electron chi connectivity index (χ1n) is 15.5. The third-order valence-corrected chi connectivity index (χ3v) is 8.92. The molecule has 2 aromatic carbocycles. The first-order valence-corrected chi connectivity index (χ1v) is 15.5. The van der Waals surface area contributed by atoms with Gasteiger partial charge in [-0.3, -0.25) is 19.2 Å². The number of hydrogen-bond acceptors (Lipinski definition) is 4. The SMILES string of the molecule is CC1C=Cc2c(CC3NC(=O)C(Cc4ccccc4)NC(=O)C4CCCN4C(=O)C(Cc4ccccc4)NC3=O)c[nH]c2C1. The highest BCUT2D eigenvalue weighted by Gasteiger charge is 2.41. The Bertz CT molecular complexity index is 1550. The Morgan fingerprint density at radius 1 is 0.750 bits per heavy atom. The van der Waals surface area contributed by atoms with Gasteiger partial charge < -0.3 is 25.8 Å². The number of carbonyl (C=O) groups is 4. The van der Waals surface area contributed by atoms with E-state index in [9.17, 15) is 19.2 Å². The van der Waals surface area contributed by atoms with Gasteiger partial charge in [-0.05, 0) is 47.4 Å². The summed E-state index contributed by atoms with van der Waals surface area (Å²) in [5.74, 6) is -1.11. The van der Waals surface area contributed by atoms with E-state index in [1.807, 2.05) is 66.9 Å². The van der Waals surface area contributed by atoms with Crippen LogP contribution in [0.15, 0.2) is 72.9 Å². The molecule has 9 heteroatoms. The first-order chi connectivity index (χ1) is 21.4. The van der Waals surface area contributed by atoms with Crippen LogP contribution in [0.1, 0.15) is 47.7 Å². The largest absolute Gasteiger partial charge is 0.364 e. The number of aromatic nitrogens is 1. The summed E-state index contributed by atoms with van der Waals surface area (Å²) in [6.07, 6.45) is 8.89. The van der Waals surface area contributed by atoms with E-state index in [-0.39, 0.29) is 31.1 Å². The molecule has 6 rings (SSSR count). The minimum absolute atomic E-state index is 0.229. The lowest BCUT2D eigenvalue weighted by Crippen LogP contribution is -2.62. The predicted molar refractivity (Wildman–Crippen MR) is 167 cm³/mol. The molecular weight excluding hydrogens is 554 g/mol. The summed E-state index contributed by atoms with van der Waals surface area (Å²) in [7, 11) is 0. The number of nitrogens with zero attached hydrogens (tertiary/aromatic N) is 1. The van der Waals surface area contributed by atoms with Gasteiger partial charge in [-0.1, -0.05) is 79.7 Å². The molecule has 0 saturated carbocycles. The van der Waals surface area contributed by atoms with Gasteiger partial charge in [-0.25, -0.2) is 0 Å². The molecule has 2 saturated heterocycles. The topological polar surface area (TPSA) is 123 Å². The number of H-pyrrole nitrogens is 1. The van der Waals surface area contributed by atoms with Crippen molar-refractivity contribution >= 4 is 29.7 Å². The summed E-state index contributed by atoms with van der Waals surface area (Å²) in [6, 6.07) is 15.5. The third kappa shape index (κ3) is 6.46. The van der Waals surface area contributed by atoms with Crippen molar-refractivity contribution in [3.63, 3.8) is 0 Å². The van der Waals surface area contributed by atoms with Crippen LogP contribution in [-0.2, 0) is 44.9 Å². The molecule has 1 aliphatic carbocycles. The Hall–Kier alpha value is -4.66. The molecule has 4 amide bonds. The molecular formula is C35H39N5O4. The molecule has 0 spiro atoms. The molecule has 5 atom stereocenters. The summed E-state index contributed by atoms with van der Waals surface area (Å²) in [5.41, 5.74) is 4.80. The molecule has 228 valence electrons. The molecule has 3 aliphatic rings. The molecule has 3 heterocycles. The second-order valence-electron chi connectivity index (χ2n) is 12.2. The average Bonchev–Trinajstić information content (AvgIpc) is 3.67. The highest BCUT2D eigenvalue weighted by molar-refractivity contribution is 5.98. The Morgan fingerprint density at radius 2 is 1.34 bits per heavy atom. The smallest absolute Gasteiger partial charge is 0.246 e. The van der Waals surface area contributed by atoms with Gasteiger partial charge in [0, 0.05) is 37.7 Å². The van der Waals surface area contributed by atoms with Crippen molar-refractivity contribution in [2.75, 3.05) is 6.54 Å². The van der Waals surface area contributed by atoms with E-state index in [2.05, 4.69) is 40.0 Å². The molecule has 0 bridgehead atoms. The summed E-state index contributed by atoms with van der Waals surface area (Å²) in [4.78, 5) is 60.6. The molecule has 4 N–H and O–H groups in total. The van der Waals surface area contributed by atoms with E-state index in [1.165, 1.54) is 0 Å². The molecule has 3 aromatic rings. The van der Waals surface area contributed by atoms with E-state index >= 15 is 0 Å². The maximum Gasteiger partial charge on any atom is 0.246 e. The normalized spacial score (nSPS) is 25.7. The predicted octanol–water partition coefficient (Wildman–Crippen LogP) is 2.71. The average molecular weight is 594 g/mol. The van der Waals surface area contributed by atoms with Gasteiger partial charge in [0.15, 0.2) is 0 Å². The van der Waals surface area contributed by atoms with Gasteiger partial charge in [-0.15, -0.1) is 0 Å². The van der Waals surface area contributed by atoms with Crippen molar-refractivity contribution in [3.8, 4) is 0 Å². The van der Waals surface area contributed by atoms with E-state index in [1.54, 1.807) is 4.90 Å². The molecule has 1 aromatic heterocycles. The number of nitrogens with one attached hydrogen (secondary N) is 4. The van der Waals surface area contributed by atoms with Gasteiger partial charge >= 0.3 is 0 Å². The maximum atomic E-state index is 14.1. The summed E-state index contributed by atoms with van der Waals surface area (Å²) in [5, 5.41) is 8.89. The first kappa shape index (κ1) is 29.4. The van der Waals surface area contributed by atoms with Crippen LogP contribution < -0.4 is 16.0 Å². The van der Waals surface area contributed by atoms with Crippen molar-refractivity contribution in [3.05, 3.63) is 101 Å². The molecule has 2 fully saturated rings. The van der Waals surface area contributed by atoms with Crippen molar-refractivity contribution in [1.82, 2.24) is 25.8 Å². The zero-order chi connectivity index (χ0) is 30.6. The second kappa shape index (κ2) is 12.9. The van der Waals surface area contributed by atoms with E-state index in [0.29, 0.717) is 25.3 Å². The van der Waals surface area contributed by atoms with Crippen molar-refractivity contribution in [1.29, 1.82) is 0 Å². The molecule has 5 unspecified atom stereocenters. The van der Waals surface area contributed by atoms with E-state index in [4.69, 9.17) is 0 Å². The number of aromatic amines is 1. The van der Waals surface area contributed by atoms with Crippen molar-refractivity contribution in [2.24, 2.45) is 5.92 Å². The van der Waals surface area contributed by atoms with Crippen molar-refractivity contribution < 1.29 is 19.2 Å². The lowest BCUT2D eigenvalue weighted by molar-refractivity contribution is -0.143. The Morgan fingerprint density at radius 3 is 2.02 bits per heavy atom. The minimum Gasteiger partial charge on any atom is -0.364 e. The minimum atomic E-state index is -0.967. The zero-order valence-corrected chi connectivity index (χ0v) is 24.9. The fourth-order valence-corrected chi connectivity index (χ4v) is 6.57. The number of fused-ring (bicyclic) bond motifs is 2. The van der Waals surface area contributed by atoms with Crippen LogP contribution in [0.5, 0.6) is 0 Å². The lowest BCUT2D eigenvalue weighted by atomic mass is 9.92. The van der Waals surface area contributed by atoms with Gasteiger partial charge in [0.1, 0.15) is 24.2 Å². The Labute approximate surface area is 257 Å². The standard InChI is InChI=1S/C35H39N5O4/c1-22-14-15-26-25(21-36-27(26)17-22)20-29-33(42)39-30(19-24-11-6-3-7-12-24)35(44)40-16-8-13-31(40)34(43)38-28(32(41)37-29)18-23-9-4-2-5-10-23/h2-7,9-12,14-15,21-22,28-31,36H,8,13,16-20H2,1H3,(H,37,41)(H,38,43)(H,39,42). The highest BCUT2D eigenvalue weighted by atomic mass is 16.2. The Kier molecular flexibility index (Phi) is 8.63. The van der Waals surface area contributed by atoms with Crippen LogP contribution in [0.3, 0.4) is 0 Å². The number of rotatable bonds is 6. The molecule has 2 aliphatic heterocycles. The van der Waals surface area contributed by atoms with Crippen LogP contribution in [0.2, 0.25) is 0 Å². The quantitative estimate of drug-likeness (QED) is 0.351. The molecule has 0 radical (unpaired) electrons. The number of benzene rings is 2. The third-order valence-electron chi connectivity index (χ3n) is 8.92. The van der Waals surface area contributed by atoms with Crippen molar-refractivity contribution in [2.45, 2.75) is 69.6 Å². The lowest BCUT2D eigenvalue weighted by Gasteiger charge is -2.32. The summed E-state index contributed by atoms with van der Waals surface area (Å²) >= 11 is 0. The van der Waals surface area contributed by atoms with Crippen LogP contribution >= 0.6 is 0 Å². The van der Waals surface area contributed by atoms with Gasteiger partial charge in [0.2, 0.25) is 23.6 Å². The number of carbonyl (C=O) groups excluding carboxylic acids is 4. The van der Waals surface area contributed by atoms with E-state index in [0.717, 1.165) is 34.4 Å². The van der Waals surface area contributed by atoms with Gasteiger partial charge in [-0.2, -0.15) is 0 Å². The summed E-state index contributed by atoms with van der Waals surface area (Å²) < 4.78 is 0. The fraction of sp³-hybridized carbons (Fsp3) is 0.371. The van der Waals surface area contributed by atoms with E-state index < -0.39 is 36.0 Å². The van der Waals surface area contributed by atoms with Gasteiger partial charge in [0.05, 0.1) is 0 Å². The number of hydrogen-bond donors (Lipinski definition) is 4. The highest BCUT2D eigenvalue weighted by Crippen LogP contribution is 2.26. The van der Waals surface area contributed by atoms with Crippen LogP contribution in [0, 0.1) is 5.92 Å². The van der Waals surface area contributed by atoms with Crippen LogP contribution in [-0.4, -0.2) is 64.2 Å². The number of allylic oxidation sites excluding steroid dienone is 1. The zero-order valence-electron chi connectivity index (χ0n) is 24.9. The maximum absolute atomic E-state index is 14.1. The second-order valence-corrected chi connectivity index (χ2v) is 12.2. The van der Waals surface area contributed by atoms with Crippen LogP contribution in [0.25, 0.3) is 6.08 Å². The number of amides is 4. The monoisotopic (exact) mass is 593 g/mol. The van der Waals surface area contributed by atoms with Gasteiger partial charge in [0.25, 0.3) is 0 Å². The molecule has 9 nitrogen and oxygen atoms in total.